The first kappa shape index (κ1) is 17.7. The van der Waals surface area contributed by atoms with Gasteiger partial charge in [0, 0.05) is 13.1 Å². The van der Waals surface area contributed by atoms with Crippen LogP contribution in [0.1, 0.15) is 30.4 Å². The van der Waals surface area contributed by atoms with Crippen LogP contribution in [0.15, 0.2) is 18.2 Å². The predicted octanol–water partition coefficient (Wildman–Crippen LogP) is 2.05. The highest BCUT2D eigenvalue weighted by atomic mass is 19.4. The summed E-state index contributed by atoms with van der Waals surface area (Å²) in [6.07, 6.45) is -4.00. The molecular weight excluding hydrogens is 316 g/mol. The van der Waals surface area contributed by atoms with E-state index in [2.05, 4.69) is 0 Å². The Morgan fingerprint density at radius 1 is 1.39 bits per heavy atom. The van der Waals surface area contributed by atoms with Crippen molar-refractivity contribution in [2.45, 2.75) is 37.6 Å². The Labute approximate surface area is 130 Å². The number of piperidine rings is 1. The highest BCUT2D eigenvalue weighted by molar-refractivity contribution is 5.75. The molecule has 0 bridgehead atoms. The number of nitrogens with two attached hydrogens (primary N) is 1. The largest absolute Gasteiger partial charge is 0.416 e. The van der Waals surface area contributed by atoms with Crippen molar-refractivity contribution >= 4 is 5.91 Å². The van der Waals surface area contributed by atoms with Crippen LogP contribution >= 0.6 is 0 Å². The van der Waals surface area contributed by atoms with Crippen LogP contribution < -0.4 is 5.73 Å². The number of amides is 1. The summed E-state index contributed by atoms with van der Waals surface area (Å²) in [6, 6.07) is 2.54. The Kier molecular flexibility index (Phi) is 4.95. The van der Waals surface area contributed by atoms with Crippen LogP contribution in [0.2, 0.25) is 0 Å². The van der Waals surface area contributed by atoms with Crippen LogP contribution in [0.4, 0.5) is 17.6 Å². The van der Waals surface area contributed by atoms with Crippen molar-refractivity contribution in [2.75, 3.05) is 13.1 Å². The minimum atomic E-state index is -4.66. The number of rotatable bonds is 4. The lowest BCUT2D eigenvalue weighted by molar-refractivity contribution is -0.138. The van der Waals surface area contributed by atoms with Gasteiger partial charge in [-0.3, -0.25) is 9.69 Å². The van der Waals surface area contributed by atoms with E-state index in [1.165, 1.54) is 0 Å². The maximum absolute atomic E-state index is 13.1. The zero-order valence-corrected chi connectivity index (χ0v) is 12.4. The lowest BCUT2D eigenvalue weighted by Crippen LogP contribution is -2.49. The van der Waals surface area contributed by atoms with Crippen molar-refractivity contribution in [1.29, 1.82) is 0 Å². The highest BCUT2D eigenvalue weighted by Gasteiger charge is 2.37. The standard InChI is InChI=1S/C15H18F4N2O2/c16-11-3-2-10(12(6-11)15(17,18)19)8-21-5-1-4-14(23,9-21)7-13(20)22/h2-3,6,23H,1,4-5,7-9H2,(H2,20,22). The zero-order chi connectivity index (χ0) is 17.3. The van der Waals surface area contributed by atoms with Crippen LogP contribution in [0.3, 0.4) is 0 Å². The molecule has 1 atom stereocenters. The Morgan fingerprint density at radius 3 is 2.70 bits per heavy atom. The first-order valence-corrected chi connectivity index (χ1v) is 7.18. The number of carbonyl (C=O) groups excluding carboxylic acids is 1. The molecule has 1 aromatic carbocycles. The summed E-state index contributed by atoms with van der Waals surface area (Å²) in [4.78, 5) is 12.6. The Hall–Kier alpha value is -1.67. The third kappa shape index (κ3) is 4.65. The normalized spacial score (nSPS) is 23.0. The third-order valence-corrected chi connectivity index (χ3v) is 3.91. The van der Waals surface area contributed by atoms with Gasteiger partial charge in [-0.05, 0) is 37.1 Å². The molecule has 128 valence electrons. The van der Waals surface area contributed by atoms with Crippen molar-refractivity contribution in [1.82, 2.24) is 4.90 Å². The van der Waals surface area contributed by atoms with Crippen molar-refractivity contribution in [3.05, 3.63) is 35.1 Å². The Balaban J connectivity index is 2.18. The van der Waals surface area contributed by atoms with Gasteiger partial charge in [0.2, 0.25) is 5.91 Å². The van der Waals surface area contributed by atoms with E-state index in [9.17, 15) is 27.5 Å². The predicted molar refractivity (Wildman–Crippen MR) is 74.7 cm³/mol. The van der Waals surface area contributed by atoms with Crippen molar-refractivity contribution in [3.8, 4) is 0 Å². The molecule has 1 amide bonds. The molecule has 0 aliphatic carbocycles. The molecule has 1 aromatic rings. The molecule has 1 fully saturated rings. The molecule has 8 heteroatoms. The summed E-state index contributed by atoms with van der Waals surface area (Å²) in [5.74, 6) is -1.61. The fourth-order valence-electron chi connectivity index (χ4n) is 3.00. The van der Waals surface area contributed by atoms with Crippen LogP contribution in [-0.2, 0) is 17.5 Å². The van der Waals surface area contributed by atoms with Gasteiger partial charge in [0.05, 0.1) is 17.6 Å². The van der Waals surface area contributed by atoms with Gasteiger partial charge in [-0.25, -0.2) is 4.39 Å². The van der Waals surface area contributed by atoms with Crippen molar-refractivity contribution in [2.24, 2.45) is 5.73 Å². The second-order valence-electron chi connectivity index (χ2n) is 5.98. The van der Waals surface area contributed by atoms with E-state index in [1.54, 1.807) is 4.90 Å². The lowest BCUT2D eigenvalue weighted by Gasteiger charge is -2.39. The SMILES string of the molecule is NC(=O)CC1(O)CCCN(Cc2ccc(F)cc2C(F)(F)F)C1. The second-order valence-corrected chi connectivity index (χ2v) is 5.98. The molecule has 23 heavy (non-hydrogen) atoms. The van der Waals surface area contributed by atoms with Crippen LogP contribution in [-0.4, -0.2) is 34.6 Å². The molecule has 2 rings (SSSR count). The molecule has 1 heterocycles. The molecule has 0 aromatic heterocycles. The van der Waals surface area contributed by atoms with E-state index >= 15 is 0 Å². The van der Waals surface area contributed by atoms with E-state index < -0.39 is 29.1 Å². The molecular formula is C15H18F4N2O2. The van der Waals surface area contributed by atoms with Gasteiger partial charge in [0.15, 0.2) is 0 Å². The van der Waals surface area contributed by atoms with Gasteiger partial charge in [-0.2, -0.15) is 13.2 Å². The molecule has 3 N–H and O–H groups in total. The molecule has 0 spiro atoms. The van der Waals surface area contributed by atoms with Gasteiger partial charge in [-0.1, -0.05) is 6.07 Å². The molecule has 0 saturated carbocycles. The number of benzene rings is 1. The zero-order valence-electron chi connectivity index (χ0n) is 12.4. The number of likely N-dealkylation sites (tertiary alicyclic amines) is 1. The topological polar surface area (TPSA) is 66.6 Å². The van der Waals surface area contributed by atoms with Gasteiger partial charge >= 0.3 is 6.18 Å². The second kappa shape index (κ2) is 6.45. The number of primary amides is 1. The van der Waals surface area contributed by atoms with Gasteiger partial charge < -0.3 is 10.8 Å². The minimum Gasteiger partial charge on any atom is -0.388 e. The average molecular weight is 334 g/mol. The first-order valence-electron chi connectivity index (χ1n) is 7.18. The number of alkyl halides is 3. The van der Waals surface area contributed by atoms with E-state index in [0.29, 0.717) is 25.5 Å². The van der Waals surface area contributed by atoms with E-state index in [4.69, 9.17) is 5.73 Å². The maximum atomic E-state index is 13.1. The fourth-order valence-corrected chi connectivity index (χ4v) is 3.00. The van der Waals surface area contributed by atoms with Crippen LogP contribution in [0, 0.1) is 5.82 Å². The number of β-amino-alcohol motifs (C(OH)–C–C–N with tert-alkyl or cyclic N) is 1. The maximum Gasteiger partial charge on any atom is 0.416 e. The molecule has 1 aliphatic heterocycles. The third-order valence-electron chi connectivity index (χ3n) is 3.91. The quantitative estimate of drug-likeness (QED) is 0.828. The molecule has 1 saturated heterocycles. The van der Waals surface area contributed by atoms with Crippen LogP contribution in [0.5, 0.6) is 0 Å². The van der Waals surface area contributed by atoms with Gasteiger partial charge in [-0.15, -0.1) is 0 Å². The first-order chi connectivity index (χ1) is 10.6. The fraction of sp³-hybridized carbons (Fsp3) is 0.533. The van der Waals surface area contributed by atoms with Crippen molar-refractivity contribution < 1.29 is 27.5 Å². The number of halogens is 4. The molecule has 1 unspecified atom stereocenters. The number of carbonyl (C=O) groups is 1. The molecule has 4 nitrogen and oxygen atoms in total. The monoisotopic (exact) mass is 334 g/mol. The van der Waals surface area contributed by atoms with E-state index in [0.717, 1.165) is 12.1 Å². The highest BCUT2D eigenvalue weighted by Crippen LogP contribution is 2.34. The number of aliphatic hydroxyl groups is 1. The van der Waals surface area contributed by atoms with E-state index in [-0.39, 0.29) is 25.1 Å². The summed E-state index contributed by atoms with van der Waals surface area (Å²) in [6.45, 7) is 0.441. The number of hydrogen-bond acceptors (Lipinski definition) is 3. The van der Waals surface area contributed by atoms with Gasteiger partial charge in [0.1, 0.15) is 5.82 Å². The number of nitrogens with zero attached hydrogens (tertiary/aromatic N) is 1. The summed E-state index contributed by atoms with van der Waals surface area (Å²) in [5, 5.41) is 10.3. The summed E-state index contributed by atoms with van der Waals surface area (Å²) in [7, 11) is 0. The smallest absolute Gasteiger partial charge is 0.388 e. The number of hydrogen-bond donors (Lipinski definition) is 2. The Morgan fingerprint density at radius 2 is 2.09 bits per heavy atom. The summed E-state index contributed by atoms with van der Waals surface area (Å²) in [5.41, 5.74) is 2.67. The lowest BCUT2D eigenvalue weighted by atomic mass is 9.89. The average Bonchev–Trinajstić information content (AvgIpc) is 2.38. The van der Waals surface area contributed by atoms with Crippen LogP contribution in [0.25, 0.3) is 0 Å². The van der Waals surface area contributed by atoms with Gasteiger partial charge in [0.25, 0.3) is 0 Å². The minimum absolute atomic E-state index is 0.0462. The summed E-state index contributed by atoms with van der Waals surface area (Å²) >= 11 is 0. The summed E-state index contributed by atoms with van der Waals surface area (Å²) < 4.78 is 52.2. The van der Waals surface area contributed by atoms with E-state index in [1.807, 2.05) is 0 Å². The Bertz CT molecular complexity index is 591. The van der Waals surface area contributed by atoms with Crippen molar-refractivity contribution in [3.63, 3.8) is 0 Å². The molecule has 1 aliphatic rings. The molecule has 0 radical (unpaired) electrons.